The highest BCUT2D eigenvalue weighted by molar-refractivity contribution is 7.52. The lowest BCUT2D eigenvalue weighted by molar-refractivity contribution is -0.921. The van der Waals surface area contributed by atoms with E-state index in [1.54, 1.807) is 0 Å². The van der Waals surface area contributed by atoms with Crippen LogP contribution in [0, 0.1) is 0 Å². The maximum Gasteiger partial charge on any atom is 0.582 e. The highest BCUT2D eigenvalue weighted by atomic mass is 31.2. The van der Waals surface area contributed by atoms with Crippen LogP contribution in [0.5, 0.6) is 0 Å². The van der Waals surface area contributed by atoms with Crippen molar-refractivity contribution in [3.05, 3.63) is 130 Å². The Balaban J connectivity index is 1.11. The minimum atomic E-state index is -4.66. The molecule has 6 bridgehead atoms. The molecule has 28 heteroatoms. The summed E-state index contributed by atoms with van der Waals surface area (Å²) < 4.78 is 45.0. The molecule has 0 spiro atoms. The third-order valence-corrected chi connectivity index (χ3v) is 29.8. The van der Waals surface area contributed by atoms with Crippen LogP contribution in [0.25, 0.3) is 21.5 Å². The number of carboxylic acid groups (broad SMARTS) is 1. The summed E-state index contributed by atoms with van der Waals surface area (Å²) in [6.45, 7) is 12.1. The summed E-state index contributed by atoms with van der Waals surface area (Å²) in [6.07, 6.45) is 3.06. The second-order valence-electron chi connectivity index (χ2n) is 24.4. The van der Waals surface area contributed by atoms with Crippen LogP contribution in [0.3, 0.4) is 0 Å². The molecule has 2 aromatic heterocycles. The fraction of sp³-hybridized carbons (Fsp3) is 0.417. The summed E-state index contributed by atoms with van der Waals surface area (Å²) in [6, 6.07) is 32.8. The van der Waals surface area contributed by atoms with Gasteiger partial charge in [0, 0.05) is 82.6 Å². The van der Waals surface area contributed by atoms with Crippen molar-refractivity contribution in [3.8, 4) is 0 Å². The van der Waals surface area contributed by atoms with Gasteiger partial charge < -0.3 is 48.0 Å². The Bertz CT molecular complexity index is 3870. The number of carbonyl (C=O) groups is 3. The van der Waals surface area contributed by atoms with Gasteiger partial charge in [0.05, 0.1) is 32.0 Å². The smallest absolute Gasteiger partial charge is 0.481 e. The van der Waals surface area contributed by atoms with E-state index in [1.807, 2.05) is 104 Å². The third kappa shape index (κ3) is 14.7. The Morgan fingerprint density at radius 3 is 1.35 bits per heavy atom. The van der Waals surface area contributed by atoms with Gasteiger partial charge in [-0.3, -0.25) is 32.0 Å². The lowest BCUT2D eigenvalue weighted by Gasteiger charge is -2.43. The molecule has 1 atom stereocenters. The van der Waals surface area contributed by atoms with E-state index in [9.17, 15) is 43.1 Å². The highest BCUT2D eigenvalue weighted by Crippen LogP contribution is 2.46. The van der Waals surface area contributed by atoms with Gasteiger partial charge in [0.25, 0.3) is 5.91 Å². The zero-order valence-electron chi connectivity index (χ0n) is 50.4. The van der Waals surface area contributed by atoms with Crippen molar-refractivity contribution in [2.75, 3.05) is 51.6 Å². The van der Waals surface area contributed by atoms with Crippen molar-refractivity contribution in [1.29, 1.82) is 0 Å². The zero-order valence-corrected chi connectivity index (χ0v) is 55.2. The van der Waals surface area contributed by atoms with Crippen LogP contribution in [0.4, 0.5) is 11.6 Å². The fourth-order valence-electron chi connectivity index (χ4n) is 12.2. The second-order valence-corrected chi connectivity index (χ2v) is 39.6. The van der Waals surface area contributed by atoms with E-state index in [1.165, 1.54) is 0 Å². The molecule has 23 nitrogen and oxygen atoms in total. The Morgan fingerprint density at radius 1 is 0.523 bits per heavy atom. The molecule has 0 fully saturated rings. The molecule has 6 heterocycles. The van der Waals surface area contributed by atoms with Crippen molar-refractivity contribution < 1.29 is 60.9 Å². The van der Waals surface area contributed by atoms with Crippen LogP contribution in [0.1, 0.15) is 93.4 Å². The number of carboxylic acids is 1. The van der Waals surface area contributed by atoms with E-state index in [0.717, 1.165) is 50.2 Å². The molecule has 0 saturated heterocycles. The number of rotatable bonds is 30. The van der Waals surface area contributed by atoms with Crippen molar-refractivity contribution in [1.82, 2.24) is 19.1 Å². The molecule has 0 aliphatic carbocycles. The predicted octanol–water partition coefficient (Wildman–Crippen LogP) is 8.22. The molecule has 4 aromatic carbocycles. The van der Waals surface area contributed by atoms with Gasteiger partial charge in [-0.1, -0.05) is 110 Å². The van der Waals surface area contributed by atoms with Crippen LogP contribution >= 0.6 is 15.2 Å². The number of hydrogen-bond donors (Lipinski definition) is 7. The first kappa shape index (κ1) is 64.5. The molecule has 0 saturated carbocycles. The lowest BCUT2D eigenvalue weighted by Crippen LogP contribution is -2.70. The van der Waals surface area contributed by atoms with Crippen molar-refractivity contribution in [3.63, 3.8) is 0 Å². The number of benzene rings is 4. The first-order valence-corrected chi connectivity index (χ1v) is 41.8. The standard InChI is InChI=1S/C60H77N11O12P2Si3/c1-6-7-34-71(35-20-37-84(76,77)78,36-21-38-85(79,80)81)41-51(73)62-33-19-40-87(4,5)83-88(82-86(2,3)39-18-32-61-50(72)30-16-17-31-52(74)75)69-57-46-26-12-13-27-47(46)59(69)67-55-44-24-10-11-25-45(44)56(64-55)68-60-49-29-15-14-28-48(49)58(70(60)88)66-54-43-23-9-8-22-42(43)53(63-54)65-57/h8-15,22-29H,6-7,16-21,30-41H2,1-5H3,(H6-,61,62,72,73,74,75,76,77,78,79,80,81)/p+1/b65-53-,65-57?,66-54?,66-58-,67-55-,67-59?,68-56?,68-60-. The summed E-state index contributed by atoms with van der Waals surface area (Å²) in [5.74, 6) is 1.41. The lowest BCUT2D eigenvalue weighted by atomic mass is 10.1. The van der Waals surface area contributed by atoms with E-state index < -0.39 is 46.7 Å². The van der Waals surface area contributed by atoms with Crippen LogP contribution in [-0.2, 0) is 31.7 Å². The number of unbranched alkanes of at least 4 members (excludes halogenated alkanes) is 2. The first-order valence-electron chi connectivity index (χ1n) is 30.2. The van der Waals surface area contributed by atoms with Crippen molar-refractivity contribution >= 4 is 115 Å². The average molecular weight is 1290 g/mol. The quantitative estimate of drug-likeness (QED) is 0.00971. The number of aromatic nitrogens is 2. The van der Waals surface area contributed by atoms with Gasteiger partial charge in [-0.15, -0.1) is 0 Å². The molecule has 1 unspecified atom stereocenters. The third-order valence-electron chi connectivity index (χ3n) is 16.4. The van der Waals surface area contributed by atoms with Gasteiger partial charge in [-0.05, 0) is 70.4 Å². The van der Waals surface area contributed by atoms with Gasteiger partial charge >= 0.3 is 30.0 Å². The fourth-order valence-corrected chi connectivity index (χ4v) is 25.9. The van der Waals surface area contributed by atoms with E-state index in [-0.39, 0.29) is 80.5 Å². The summed E-state index contributed by atoms with van der Waals surface area (Å²) in [5.41, 5.74) is 4.14. The maximum absolute atomic E-state index is 14.3. The number of carbonyl (C=O) groups excluding carboxylic acids is 2. The summed E-state index contributed by atoms with van der Waals surface area (Å²) in [4.78, 5) is 111. The zero-order chi connectivity index (χ0) is 62.7. The molecule has 2 amide bonds. The number of quaternary nitrogens is 1. The summed E-state index contributed by atoms with van der Waals surface area (Å²) in [7, 11) is -19.7. The molecule has 0 radical (unpaired) electrons. The monoisotopic (exact) mass is 1290 g/mol. The van der Waals surface area contributed by atoms with Gasteiger partial charge in [0.15, 0.2) is 46.5 Å². The van der Waals surface area contributed by atoms with Crippen molar-refractivity contribution in [2.24, 2.45) is 30.0 Å². The van der Waals surface area contributed by atoms with Crippen LogP contribution in [0.15, 0.2) is 127 Å². The topological polar surface area (TPSA) is 313 Å². The Kier molecular flexibility index (Phi) is 19.4. The van der Waals surface area contributed by atoms with E-state index in [2.05, 4.69) is 45.3 Å². The number of nitrogens with zero attached hydrogens (tertiary/aromatic N) is 9. The molecule has 6 aromatic rings. The largest absolute Gasteiger partial charge is 0.582 e. The molecular formula is C60H78N11O12P2Si3+. The first-order chi connectivity index (χ1) is 41.9. The van der Waals surface area contributed by atoms with E-state index in [0.29, 0.717) is 103 Å². The average Bonchev–Trinajstić information content (AvgIpc) is 1.66. The number of nitrogens with one attached hydrogen (secondary N) is 2. The molecule has 7 N–H and O–H groups in total. The predicted molar refractivity (Wildman–Crippen MR) is 347 cm³/mol. The van der Waals surface area contributed by atoms with Crippen molar-refractivity contribution in [2.45, 2.75) is 109 Å². The number of fused-ring (bicyclic) bond motifs is 14. The summed E-state index contributed by atoms with van der Waals surface area (Å²) in [5, 5.41) is 18.4. The van der Waals surface area contributed by atoms with Crippen LogP contribution < -0.4 is 21.6 Å². The van der Waals surface area contributed by atoms with Gasteiger partial charge in [0.1, 0.15) is 22.6 Å². The second kappa shape index (κ2) is 26.5. The van der Waals surface area contributed by atoms with Crippen LogP contribution in [-0.4, -0.2) is 156 Å². The van der Waals surface area contributed by atoms with Gasteiger partial charge in [0.2, 0.25) is 5.91 Å². The molecule has 4 aliphatic rings. The molecule has 4 aliphatic heterocycles. The Morgan fingerprint density at radius 2 is 0.920 bits per heavy atom. The van der Waals surface area contributed by atoms with E-state index >= 15 is 0 Å². The molecule has 88 heavy (non-hydrogen) atoms. The minimum absolute atomic E-state index is 0.00277. The number of aliphatic carboxylic acids is 1. The molecule has 466 valence electrons. The maximum atomic E-state index is 14.3. The number of amides is 2. The molecular weight excluding hydrogens is 1210 g/mol. The van der Waals surface area contributed by atoms with Gasteiger partial charge in [-0.2, -0.15) is 0 Å². The highest BCUT2D eigenvalue weighted by Gasteiger charge is 2.58. The Labute approximate surface area is 513 Å². The summed E-state index contributed by atoms with van der Waals surface area (Å²) >= 11 is 0. The molecule has 10 rings (SSSR count). The number of aliphatic imine (C=N–C) groups is 4. The van der Waals surface area contributed by atoms with Crippen LogP contribution in [0.2, 0.25) is 38.3 Å². The normalized spacial score (nSPS) is 18.1. The number of hydrogen-bond acceptors (Lipinski definition) is 13. The van der Waals surface area contributed by atoms with Gasteiger partial charge in [-0.25, -0.2) is 30.0 Å². The number of amidine groups is 4. The Hall–Kier alpha value is -6.52. The minimum Gasteiger partial charge on any atom is -0.481 e. The SMILES string of the molecule is CCCC[N+](CCCP(=O)(O)O)(CCCP(=O)(O)O)CC(=O)NCCC[Si](C)(C)O[Si]1(O[Si](C)(C)CCCNC(=O)CCCCC(=O)O)n2c3c4ccccc4c2/N=C2N=C(/N=c4/c5ccccc5/c(n41)=N/C1=NC(=N\3)/c3ccccc31)c1ccccc1\2. The van der Waals surface area contributed by atoms with E-state index in [4.69, 9.17) is 43.3 Å².